The van der Waals surface area contributed by atoms with Crippen molar-refractivity contribution in [1.29, 1.82) is 0 Å². The van der Waals surface area contributed by atoms with Crippen molar-refractivity contribution < 1.29 is 0 Å². The van der Waals surface area contributed by atoms with Crippen LogP contribution in [0.2, 0.25) is 0 Å². The fourth-order valence-corrected chi connectivity index (χ4v) is 2.59. The molecular weight excluding hydrogens is 108 g/mol. The summed E-state index contributed by atoms with van der Waals surface area (Å²) in [5.74, 6) is 2.13. The largest absolute Gasteiger partial charge is 0.0845 e. The van der Waals surface area contributed by atoms with Crippen LogP contribution in [0.3, 0.4) is 0 Å². The summed E-state index contributed by atoms with van der Waals surface area (Å²) in [5.41, 5.74) is 0.781. The molecule has 0 heteroatoms. The molecule has 0 heterocycles. The van der Waals surface area contributed by atoms with Gasteiger partial charge in [0.05, 0.1) is 0 Å². The fourth-order valence-electron chi connectivity index (χ4n) is 2.59. The van der Waals surface area contributed by atoms with Crippen LogP contribution in [0.1, 0.15) is 25.7 Å². The summed E-state index contributed by atoms with van der Waals surface area (Å²) in [4.78, 5) is 0. The predicted molar refractivity (Wildman–Crippen MR) is 37.0 cm³/mol. The van der Waals surface area contributed by atoms with E-state index in [0.29, 0.717) is 0 Å². The van der Waals surface area contributed by atoms with Crippen LogP contribution in [0, 0.1) is 17.3 Å². The Balaban J connectivity index is 1.99. The summed E-state index contributed by atoms with van der Waals surface area (Å²) in [6.07, 6.45) is 11.0. The summed E-state index contributed by atoms with van der Waals surface area (Å²) in [6.45, 7) is 0. The summed E-state index contributed by atoms with van der Waals surface area (Å²) in [7, 11) is 0. The Labute approximate surface area is 56.0 Å². The van der Waals surface area contributed by atoms with Crippen molar-refractivity contribution in [3.05, 3.63) is 12.2 Å². The van der Waals surface area contributed by atoms with Crippen molar-refractivity contribution in [2.45, 2.75) is 25.7 Å². The second-order valence-corrected chi connectivity index (χ2v) is 3.94. The highest BCUT2D eigenvalue weighted by Gasteiger charge is 2.55. The number of hydrogen-bond acceptors (Lipinski definition) is 0. The number of fused-ring (bicyclic) bond motifs is 2. The molecule has 3 rings (SSSR count). The number of rotatable bonds is 0. The maximum atomic E-state index is 2.51. The van der Waals surface area contributed by atoms with E-state index in [2.05, 4.69) is 12.2 Å². The van der Waals surface area contributed by atoms with Gasteiger partial charge in [0.1, 0.15) is 0 Å². The first-order valence-electron chi connectivity index (χ1n) is 4.10. The minimum absolute atomic E-state index is 0.781. The van der Waals surface area contributed by atoms with Gasteiger partial charge in [0.2, 0.25) is 0 Å². The highest BCUT2D eigenvalue weighted by Crippen LogP contribution is 2.65. The molecule has 0 aromatic carbocycles. The molecule has 1 spiro atoms. The lowest BCUT2D eigenvalue weighted by Crippen LogP contribution is -2.26. The lowest BCUT2D eigenvalue weighted by Gasteiger charge is -2.34. The quantitative estimate of drug-likeness (QED) is 0.430. The summed E-state index contributed by atoms with van der Waals surface area (Å²) < 4.78 is 0. The van der Waals surface area contributed by atoms with Gasteiger partial charge in [0, 0.05) is 0 Å². The van der Waals surface area contributed by atoms with Gasteiger partial charge in [-0.2, -0.15) is 0 Å². The molecule has 0 nitrogen and oxygen atoms in total. The lowest BCUT2D eigenvalue weighted by atomic mass is 9.70. The van der Waals surface area contributed by atoms with E-state index >= 15 is 0 Å². The first-order valence-corrected chi connectivity index (χ1v) is 4.10. The Hall–Kier alpha value is -0.260. The van der Waals surface area contributed by atoms with Gasteiger partial charge in [-0.15, -0.1) is 0 Å². The zero-order chi connectivity index (χ0) is 5.90. The van der Waals surface area contributed by atoms with Crippen LogP contribution in [0.25, 0.3) is 0 Å². The van der Waals surface area contributed by atoms with Gasteiger partial charge in [0.25, 0.3) is 0 Å². The normalized spacial score (nSPS) is 48.9. The molecule has 3 aliphatic carbocycles. The van der Waals surface area contributed by atoms with Crippen molar-refractivity contribution in [3.63, 3.8) is 0 Å². The van der Waals surface area contributed by atoms with E-state index in [9.17, 15) is 0 Å². The number of hydrogen-bond donors (Lipinski definition) is 0. The molecule has 2 saturated carbocycles. The third-order valence-electron chi connectivity index (χ3n) is 3.57. The molecule has 0 bridgehead atoms. The first-order chi connectivity index (χ1) is 4.41. The van der Waals surface area contributed by atoms with Gasteiger partial charge >= 0.3 is 0 Å². The number of allylic oxidation sites excluding steroid dienone is 2. The highest BCUT2D eigenvalue weighted by molar-refractivity contribution is 5.24. The van der Waals surface area contributed by atoms with Gasteiger partial charge in [-0.3, -0.25) is 0 Å². The van der Waals surface area contributed by atoms with Crippen molar-refractivity contribution in [2.75, 3.05) is 0 Å². The standard InChI is InChI=1S/C9H12/c1-2-8-7(1)3-4-9(8)5-6-9/h3-4,7-8H,1-2,5-6H2. The smallest absolute Gasteiger partial charge is 0.00836 e. The van der Waals surface area contributed by atoms with Gasteiger partial charge in [0.15, 0.2) is 0 Å². The van der Waals surface area contributed by atoms with E-state index in [1.165, 1.54) is 25.7 Å². The average molecular weight is 120 g/mol. The van der Waals surface area contributed by atoms with Crippen LogP contribution in [-0.2, 0) is 0 Å². The third kappa shape index (κ3) is 0.385. The van der Waals surface area contributed by atoms with E-state index in [0.717, 1.165) is 17.3 Å². The van der Waals surface area contributed by atoms with Crippen LogP contribution in [0.4, 0.5) is 0 Å². The molecule has 2 atom stereocenters. The molecule has 3 aliphatic rings. The van der Waals surface area contributed by atoms with E-state index in [-0.39, 0.29) is 0 Å². The van der Waals surface area contributed by atoms with Gasteiger partial charge in [-0.1, -0.05) is 12.2 Å². The highest BCUT2D eigenvalue weighted by atomic mass is 14.6. The Morgan fingerprint density at radius 1 is 1.22 bits per heavy atom. The molecule has 0 amide bonds. The van der Waals surface area contributed by atoms with Crippen molar-refractivity contribution >= 4 is 0 Å². The van der Waals surface area contributed by atoms with Gasteiger partial charge < -0.3 is 0 Å². The zero-order valence-corrected chi connectivity index (χ0v) is 5.64. The summed E-state index contributed by atoms with van der Waals surface area (Å²) >= 11 is 0. The molecule has 48 valence electrons. The van der Waals surface area contributed by atoms with Gasteiger partial charge in [-0.05, 0) is 42.9 Å². The topological polar surface area (TPSA) is 0 Å². The van der Waals surface area contributed by atoms with E-state index < -0.39 is 0 Å². The predicted octanol–water partition coefficient (Wildman–Crippen LogP) is 2.36. The van der Waals surface area contributed by atoms with Crippen LogP contribution < -0.4 is 0 Å². The second kappa shape index (κ2) is 1.12. The van der Waals surface area contributed by atoms with Crippen molar-refractivity contribution in [2.24, 2.45) is 17.3 Å². The lowest BCUT2D eigenvalue weighted by molar-refractivity contribution is 0.179. The zero-order valence-electron chi connectivity index (χ0n) is 5.64. The third-order valence-corrected chi connectivity index (χ3v) is 3.57. The molecule has 0 aliphatic heterocycles. The van der Waals surface area contributed by atoms with Crippen LogP contribution in [-0.4, -0.2) is 0 Å². The molecule has 0 aromatic heterocycles. The van der Waals surface area contributed by atoms with Crippen molar-refractivity contribution in [3.8, 4) is 0 Å². The Morgan fingerprint density at radius 3 is 2.44 bits per heavy atom. The molecule has 2 fully saturated rings. The summed E-state index contributed by atoms with van der Waals surface area (Å²) in [5, 5.41) is 0. The minimum atomic E-state index is 0.781. The molecular formula is C9H12. The maximum Gasteiger partial charge on any atom is -0.00836 e. The van der Waals surface area contributed by atoms with E-state index in [4.69, 9.17) is 0 Å². The van der Waals surface area contributed by atoms with Crippen LogP contribution in [0.15, 0.2) is 12.2 Å². The first kappa shape index (κ1) is 4.54. The van der Waals surface area contributed by atoms with Crippen LogP contribution >= 0.6 is 0 Å². The van der Waals surface area contributed by atoms with Gasteiger partial charge in [-0.25, -0.2) is 0 Å². The average Bonchev–Trinajstić information content (AvgIpc) is 2.41. The molecule has 0 radical (unpaired) electrons. The van der Waals surface area contributed by atoms with Crippen molar-refractivity contribution in [1.82, 2.24) is 0 Å². The molecule has 0 aromatic rings. The molecule has 0 saturated heterocycles. The Bertz CT molecular complexity index is 174. The Kier molecular flexibility index (Phi) is 0.564. The fraction of sp³-hybridized carbons (Fsp3) is 0.778. The maximum absolute atomic E-state index is 2.51. The monoisotopic (exact) mass is 120 g/mol. The summed E-state index contributed by atoms with van der Waals surface area (Å²) in [6, 6.07) is 0. The minimum Gasteiger partial charge on any atom is -0.0845 e. The SMILES string of the molecule is C1=CC2(CC2)C2CCC12. The molecule has 0 N–H and O–H groups in total. The van der Waals surface area contributed by atoms with E-state index in [1.54, 1.807) is 0 Å². The Morgan fingerprint density at radius 2 is 2.11 bits per heavy atom. The van der Waals surface area contributed by atoms with Crippen LogP contribution in [0.5, 0.6) is 0 Å². The molecule has 9 heavy (non-hydrogen) atoms. The van der Waals surface area contributed by atoms with E-state index in [1.807, 2.05) is 0 Å². The second-order valence-electron chi connectivity index (χ2n) is 3.94. The molecule has 2 unspecified atom stereocenters.